The van der Waals surface area contributed by atoms with Crippen molar-refractivity contribution in [1.82, 2.24) is 9.78 Å². The Morgan fingerprint density at radius 3 is 2.80 bits per heavy atom. The molecular weight excluding hydrogens is 254 g/mol. The molecule has 5 heteroatoms. The summed E-state index contributed by atoms with van der Waals surface area (Å²) in [4.78, 5) is 10.9. The van der Waals surface area contributed by atoms with Crippen molar-refractivity contribution in [1.29, 1.82) is 0 Å². The molecule has 2 aromatic rings. The van der Waals surface area contributed by atoms with Gasteiger partial charge < -0.3 is 10.4 Å². The average molecular weight is 273 g/mol. The third-order valence-electron chi connectivity index (χ3n) is 3.27. The Labute approximate surface area is 118 Å². The Kier molecular flexibility index (Phi) is 4.08. The van der Waals surface area contributed by atoms with Crippen LogP contribution in [-0.4, -0.2) is 20.9 Å². The number of aryl methyl sites for hydroxylation is 3. The molecule has 0 unspecified atom stereocenters. The van der Waals surface area contributed by atoms with E-state index in [2.05, 4.69) is 17.3 Å². The SMILES string of the molecule is CCc1nn(C)cc1CNc1ccc(C(=O)O)cc1C. The van der Waals surface area contributed by atoms with E-state index in [4.69, 9.17) is 5.11 Å². The summed E-state index contributed by atoms with van der Waals surface area (Å²) in [5.74, 6) is -0.903. The predicted molar refractivity (Wildman–Crippen MR) is 78.1 cm³/mol. The van der Waals surface area contributed by atoms with E-state index in [0.29, 0.717) is 12.1 Å². The van der Waals surface area contributed by atoms with Crippen LogP contribution in [0.1, 0.15) is 34.1 Å². The molecule has 5 nitrogen and oxygen atoms in total. The lowest BCUT2D eigenvalue weighted by molar-refractivity contribution is 0.0697. The molecule has 0 saturated heterocycles. The van der Waals surface area contributed by atoms with Crippen molar-refractivity contribution in [3.63, 3.8) is 0 Å². The van der Waals surface area contributed by atoms with Gasteiger partial charge in [-0.25, -0.2) is 4.79 Å². The van der Waals surface area contributed by atoms with Crippen molar-refractivity contribution in [2.75, 3.05) is 5.32 Å². The fourth-order valence-electron chi connectivity index (χ4n) is 2.21. The lowest BCUT2D eigenvalue weighted by Gasteiger charge is -2.10. The van der Waals surface area contributed by atoms with Gasteiger partial charge in [0, 0.05) is 31.0 Å². The zero-order valence-electron chi connectivity index (χ0n) is 12.0. The van der Waals surface area contributed by atoms with Gasteiger partial charge in [-0.05, 0) is 37.1 Å². The van der Waals surface area contributed by atoms with Crippen LogP contribution in [0, 0.1) is 6.92 Å². The molecule has 1 heterocycles. The average Bonchev–Trinajstić information content (AvgIpc) is 2.77. The fourth-order valence-corrected chi connectivity index (χ4v) is 2.21. The molecule has 20 heavy (non-hydrogen) atoms. The number of anilines is 1. The van der Waals surface area contributed by atoms with E-state index in [-0.39, 0.29) is 0 Å². The first-order valence-electron chi connectivity index (χ1n) is 6.60. The highest BCUT2D eigenvalue weighted by Gasteiger charge is 2.08. The van der Waals surface area contributed by atoms with E-state index in [1.54, 1.807) is 18.2 Å². The van der Waals surface area contributed by atoms with Crippen LogP contribution >= 0.6 is 0 Å². The summed E-state index contributed by atoms with van der Waals surface area (Å²) in [6.07, 6.45) is 2.90. The predicted octanol–water partition coefficient (Wildman–Crippen LogP) is 2.60. The third-order valence-corrected chi connectivity index (χ3v) is 3.27. The molecule has 0 radical (unpaired) electrons. The number of nitrogens with one attached hydrogen (secondary N) is 1. The van der Waals surface area contributed by atoms with Crippen molar-refractivity contribution in [2.45, 2.75) is 26.8 Å². The molecule has 0 aliphatic heterocycles. The molecule has 0 amide bonds. The van der Waals surface area contributed by atoms with E-state index in [1.165, 1.54) is 0 Å². The summed E-state index contributed by atoms with van der Waals surface area (Å²) < 4.78 is 1.82. The summed E-state index contributed by atoms with van der Waals surface area (Å²) in [6.45, 7) is 4.67. The van der Waals surface area contributed by atoms with Gasteiger partial charge in [0.05, 0.1) is 11.3 Å². The number of carbonyl (C=O) groups is 1. The van der Waals surface area contributed by atoms with E-state index in [1.807, 2.05) is 24.9 Å². The maximum absolute atomic E-state index is 10.9. The summed E-state index contributed by atoms with van der Waals surface area (Å²) in [6, 6.07) is 5.09. The molecule has 106 valence electrons. The molecule has 0 spiro atoms. The summed E-state index contributed by atoms with van der Waals surface area (Å²) in [5, 5.41) is 16.7. The number of hydrogen-bond donors (Lipinski definition) is 2. The highest BCUT2D eigenvalue weighted by molar-refractivity contribution is 5.88. The minimum Gasteiger partial charge on any atom is -0.478 e. The monoisotopic (exact) mass is 273 g/mol. The van der Waals surface area contributed by atoms with Crippen LogP contribution in [0.15, 0.2) is 24.4 Å². The maximum atomic E-state index is 10.9. The van der Waals surface area contributed by atoms with Crippen molar-refractivity contribution >= 4 is 11.7 Å². The summed E-state index contributed by atoms with van der Waals surface area (Å²) in [7, 11) is 1.91. The topological polar surface area (TPSA) is 67.2 Å². The molecular formula is C15H19N3O2. The van der Waals surface area contributed by atoms with Gasteiger partial charge in [0.1, 0.15) is 0 Å². The number of nitrogens with zero attached hydrogens (tertiary/aromatic N) is 2. The fraction of sp³-hybridized carbons (Fsp3) is 0.333. The van der Waals surface area contributed by atoms with Crippen LogP contribution in [-0.2, 0) is 20.0 Å². The smallest absolute Gasteiger partial charge is 0.335 e. The van der Waals surface area contributed by atoms with Crippen LogP contribution in [0.2, 0.25) is 0 Å². The first-order valence-corrected chi connectivity index (χ1v) is 6.60. The Hall–Kier alpha value is -2.30. The highest BCUT2D eigenvalue weighted by atomic mass is 16.4. The van der Waals surface area contributed by atoms with E-state index >= 15 is 0 Å². The Bertz CT molecular complexity index is 632. The minimum absolute atomic E-state index is 0.309. The van der Waals surface area contributed by atoms with Gasteiger partial charge in [-0.3, -0.25) is 4.68 Å². The largest absolute Gasteiger partial charge is 0.478 e. The number of carboxylic acids is 1. The summed E-state index contributed by atoms with van der Waals surface area (Å²) >= 11 is 0. The highest BCUT2D eigenvalue weighted by Crippen LogP contribution is 2.18. The van der Waals surface area contributed by atoms with Crippen LogP contribution < -0.4 is 5.32 Å². The molecule has 0 aliphatic carbocycles. The second-order valence-corrected chi connectivity index (χ2v) is 4.82. The van der Waals surface area contributed by atoms with Crippen LogP contribution in [0.5, 0.6) is 0 Å². The minimum atomic E-state index is -0.903. The van der Waals surface area contributed by atoms with Gasteiger partial charge in [-0.2, -0.15) is 5.10 Å². The second kappa shape index (κ2) is 5.77. The molecule has 0 fully saturated rings. The summed E-state index contributed by atoms with van der Waals surface area (Å²) in [5.41, 5.74) is 4.42. The third kappa shape index (κ3) is 2.99. The normalized spacial score (nSPS) is 10.6. The first-order chi connectivity index (χ1) is 9.51. The van der Waals surface area contributed by atoms with Crippen LogP contribution in [0.3, 0.4) is 0 Å². The van der Waals surface area contributed by atoms with Crippen LogP contribution in [0.25, 0.3) is 0 Å². The van der Waals surface area contributed by atoms with Gasteiger partial charge in [0.15, 0.2) is 0 Å². The van der Waals surface area contributed by atoms with Gasteiger partial charge in [-0.1, -0.05) is 6.92 Å². The van der Waals surface area contributed by atoms with Crippen molar-refractivity contribution in [3.05, 3.63) is 46.8 Å². The lowest BCUT2D eigenvalue weighted by Crippen LogP contribution is -2.04. The maximum Gasteiger partial charge on any atom is 0.335 e. The van der Waals surface area contributed by atoms with Gasteiger partial charge >= 0.3 is 5.97 Å². The van der Waals surface area contributed by atoms with E-state index < -0.39 is 5.97 Å². The molecule has 1 aromatic carbocycles. The number of aromatic carboxylic acids is 1. The number of benzene rings is 1. The van der Waals surface area contributed by atoms with Crippen LogP contribution in [0.4, 0.5) is 5.69 Å². The molecule has 2 N–H and O–H groups in total. The number of rotatable bonds is 5. The Morgan fingerprint density at radius 1 is 1.45 bits per heavy atom. The molecule has 2 rings (SSSR count). The quantitative estimate of drug-likeness (QED) is 0.878. The number of aromatic nitrogens is 2. The first kappa shape index (κ1) is 14.1. The van der Waals surface area contributed by atoms with E-state index in [0.717, 1.165) is 28.9 Å². The second-order valence-electron chi connectivity index (χ2n) is 4.82. The van der Waals surface area contributed by atoms with Gasteiger partial charge in [-0.15, -0.1) is 0 Å². The molecule has 1 aromatic heterocycles. The van der Waals surface area contributed by atoms with Crippen molar-refractivity contribution < 1.29 is 9.90 Å². The van der Waals surface area contributed by atoms with E-state index in [9.17, 15) is 4.79 Å². The van der Waals surface area contributed by atoms with Gasteiger partial charge in [0.2, 0.25) is 0 Å². The van der Waals surface area contributed by atoms with Crippen molar-refractivity contribution in [2.24, 2.45) is 7.05 Å². The molecule has 0 bridgehead atoms. The molecule has 0 atom stereocenters. The van der Waals surface area contributed by atoms with Crippen molar-refractivity contribution in [3.8, 4) is 0 Å². The Balaban J connectivity index is 2.12. The zero-order valence-corrected chi connectivity index (χ0v) is 12.0. The molecule has 0 aliphatic rings. The zero-order chi connectivity index (χ0) is 14.7. The number of carboxylic acid groups (broad SMARTS) is 1. The standard InChI is InChI=1S/C15H19N3O2/c1-4-13-12(9-18(3)17-13)8-16-14-6-5-11(15(19)20)7-10(14)2/h5-7,9,16H,4,8H2,1-3H3,(H,19,20). The Morgan fingerprint density at radius 2 is 2.20 bits per heavy atom. The lowest BCUT2D eigenvalue weighted by atomic mass is 10.1. The molecule has 0 saturated carbocycles. The number of hydrogen-bond acceptors (Lipinski definition) is 3. The van der Waals surface area contributed by atoms with Gasteiger partial charge in [0.25, 0.3) is 0 Å².